The normalized spacial score (nSPS) is 23.7. The van der Waals surface area contributed by atoms with Gasteiger partial charge in [0.05, 0.1) is 28.6 Å². The van der Waals surface area contributed by atoms with Gasteiger partial charge in [0, 0.05) is 59.6 Å². The smallest absolute Gasteiger partial charge is 0.262 e. The minimum Gasteiger partial charge on any atom is -0.385 e. The molecule has 8 rings (SSSR count). The van der Waals surface area contributed by atoms with E-state index < -0.39 is 23.8 Å². The number of carbonyl (C=O) groups is 4. The lowest BCUT2D eigenvalue weighted by atomic mass is 9.80. The summed E-state index contributed by atoms with van der Waals surface area (Å²) in [6, 6.07) is 8.55. The van der Waals surface area contributed by atoms with Crippen molar-refractivity contribution < 1.29 is 19.2 Å². The monoisotopic (exact) mass is 563 g/mol. The second-order valence-corrected chi connectivity index (χ2v) is 11.9. The summed E-state index contributed by atoms with van der Waals surface area (Å²) >= 11 is 0. The van der Waals surface area contributed by atoms with E-state index in [9.17, 15) is 19.2 Å². The van der Waals surface area contributed by atoms with Crippen LogP contribution in [0.1, 0.15) is 76.9 Å². The summed E-state index contributed by atoms with van der Waals surface area (Å²) in [6.07, 6.45) is 10.5. The molecule has 0 radical (unpaired) electrons. The van der Waals surface area contributed by atoms with Crippen molar-refractivity contribution in [2.75, 3.05) is 11.9 Å². The van der Waals surface area contributed by atoms with Crippen molar-refractivity contribution >= 4 is 40.2 Å². The fraction of sp³-hybridized carbons (Fsp3) is 0.355. The van der Waals surface area contributed by atoms with Crippen molar-refractivity contribution in [3.63, 3.8) is 0 Å². The van der Waals surface area contributed by atoms with Gasteiger partial charge in [0.2, 0.25) is 11.8 Å². The average Bonchev–Trinajstić information content (AvgIpc) is 3.43. The Hall–Kier alpha value is -4.80. The SMILES string of the molecule is O=C1CCC(N2C(=O)c3ccc(NCC4CC(n5cc(-c6nccc7[nH]ccc67)c(C6CC6)n5)C4)cc3C2=O)C(=O)N1. The third-order valence-electron chi connectivity index (χ3n) is 9.08. The Morgan fingerprint density at radius 3 is 2.60 bits per heavy atom. The number of hydrogen-bond acceptors (Lipinski definition) is 7. The van der Waals surface area contributed by atoms with Gasteiger partial charge in [-0.05, 0) is 68.4 Å². The third kappa shape index (κ3) is 4.02. The van der Waals surface area contributed by atoms with Gasteiger partial charge in [-0.2, -0.15) is 5.10 Å². The molecule has 2 aliphatic carbocycles. The number of rotatable bonds is 7. The molecule has 4 aliphatic rings. The zero-order valence-corrected chi connectivity index (χ0v) is 22.8. The molecule has 0 bridgehead atoms. The van der Waals surface area contributed by atoms with Gasteiger partial charge in [-0.25, -0.2) is 0 Å². The molecule has 1 aromatic carbocycles. The lowest BCUT2D eigenvalue weighted by Crippen LogP contribution is -2.54. The van der Waals surface area contributed by atoms with Gasteiger partial charge in [0.25, 0.3) is 11.8 Å². The lowest BCUT2D eigenvalue weighted by molar-refractivity contribution is -0.136. The molecule has 2 aliphatic heterocycles. The Labute approximate surface area is 240 Å². The second-order valence-electron chi connectivity index (χ2n) is 11.9. The Balaban J connectivity index is 0.931. The van der Waals surface area contributed by atoms with Crippen LogP contribution in [0.2, 0.25) is 0 Å². The maximum Gasteiger partial charge on any atom is 0.262 e. The Morgan fingerprint density at radius 1 is 0.952 bits per heavy atom. The fourth-order valence-electron chi connectivity index (χ4n) is 6.56. The van der Waals surface area contributed by atoms with Crippen LogP contribution in [0.15, 0.2) is 48.9 Å². The van der Waals surface area contributed by atoms with Crippen LogP contribution in [0.4, 0.5) is 5.69 Å². The summed E-state index contributed by atoms with van der Waals surface area (Å²) in [4.78, 5) is 58.9. The summed E-state index contributed by atoms with van der Waals surface area (Å²) < 4.78 is 2.13. The molecule has 3 fully saturated rings. The van der Waals surface area contributed by atoms with Crippen LogP contribution in [0, 0.1) is 5.92 Å². The Bertz CT molecular complexity index is 1800. The van der Waals surface area contributed by atoms with Gasteiger partial charge < -0.3 is 10.3 Å². The van der Waals surface area contributed by atoms with E-state index in [2.05, 4.69) is 32.6 Å². The molecule has 0 spiro atoms. The highest BCUT2D eigenvalue weighted by atomic mass is 16.2. The number of imide groups is 2. The number of nitrogens with one attached hydrogen (secondary N) is 3. The van der Waals surface area contributed by atoms with E-state index in [0.29, 0.717) is 17.9 Å². The molecule has 1 unspecified atom stereocenters. The van der Waals surface area contributed by atoms with Crippen LogP contribution in [0.5, 0.6) is 0 Å². The Morgan fingerprint density at radius 2 is 1.79 bits per heavy atom. The molecule has 3 aromatic heterocycles. The molecule has 1 atom stereocenters. The van der Waals surface area contributed by atoms with Crippen molar-refractivity contribution in [2.45, 2.75) is 56.5 Å². The largest absolute Gasteiger partial charge is 0.385 e. The van der Waals surface area contributed by atoms with E-state index in [1.165, 1.54) is 12.8 Å². The molecule has 4 amide bonds. The van der Waals surface area contributed by atoms with E-state index in [4.69, 9.17) is 10.1 Å². The van der Waals surface area contributed by atoms with Crippen molar-refractivity contribution in [3.8, 4) is 11.3 Å². The van der Waals surface area contributed by atoms with Crippen molar-refractivity contribution in [1.29, 1.82) is 0 Å². The van der Waals surface area contributed by atoms with E-state index in [1.54, 1.807) is 18.2 Å². The van der Waals surface area contributed by atoms with Gasteiger partial charge in [0.1, 0.15) is 6.04 Å². The van der Waals surface area contributed by atoms with Crippen LogP contribution >= 0.6 is 0 Å². The van der Waals surface area contributed by atoms with Crippen LogP contribution in [0.25, 0.3) is 22.2 Å². The molecular formula is C31H29N7O4. The van der Waals surface area contributed by atoms with Gasteiger partial charge in [-0.1, -0.05) is 0 Å². The summed E-state index contributed by atoms with van der Waals surface area (Å²) in [7, 11) is 0. The van der Waals surface area contributed by atoms with Crippen LogP contribution < -0.4 is 10.6 Å². The number of aromatic amines is 1. The van der Waals surface area contributed by atoms with Crippen LogP contribution in [-0.2, 0) is 9.59 Å². The fourth-order valence-corrected chi connectivity index (χ4v) is 6.56. The van der Waals surface area contributed by atoms with Crippen molar-refractivity contribution in [2.24, 2.45) is 5.92 Å². The maximum absolute atomic E-state index is 13.1. The number of amides is 4. The number of piperidine rings is 1. The van der Waals surface area contributed by atoms with Gasteiger partial charge in [-0.15, -0.1) is 0 Å². The van der Waals surface area contributed by atoms with Gasteiger partial charge in [0.15, 0.2) is 0 Å². The highest BCUT2D eigenvalue weighted by molar-refractivity contribution is 6.23. The van der Waals surface area contributed by atoms with Gasteiger partial charge in [-0.3, -0.25) is 39.1 Å². The molecule has 4 aromatic rings. The molecule has 1 saturated heterocycles. The molecule has 212 valence electrons. The molecule has 11 nitrogen and oxygen atoms in total. The first-order valence-electron chi connectivity index (χ1n) is 14.6. The summed E-state index contributed by atoms with van der Waals surface area (Å²) in [6.45, 7) is 0.738. The highest BCUT2D eigenvalue weighted by Gasteiger charge is 2.44. The first-order chi connectivity index (χ1) is 20.4. The van der Waals surface area contributed by atoms with Crippen LogP contribution in [0.3, 0.4) is 0 Å². The lowest BCUT2D eigenvalue weighted by Gasteiger charge is -2.35. The highest BCUT2D eigenvalue weighted by Crippen LogP contribution is 2.46. The number of aromatic nitrogens is 4. The van der Waals surface area contributed by atoms with Crippen LogP contribution in [-0.4, -0.2) is 60.9 Å². The van der Waals surface area contributed by atoms with E-state index in [1.807, 2.05) is 18.5 Å². The number of anilines is 1. The number of H-pyrrole nitrogens is 1. The minimum atomic E-state index is -0.964. The van der Waals surface area contributed by atoms with E-state index in [0.717, 1.165) is 57.8 Å². The standard InChI is InChI=1S/C31H29N7O4/c39-26-6-5-25(29(40)35-26)38-30(41)20-4-3-18(13-22(20)31(38)42)34-14-16-11-19(12-16)37-15-23(27(36-37)17-1-2-17)28-21-7-9-32-24(21)8-10-33-28/h3-4,7-10,13,15-17,19,25,32,34H,1-2,5-6,11-12,14H2,(H,35,39,40). The molecule has 5 heterocycles. The topological polar surface area (TPSA) is 142 Å². The third-order valence-corrected chi connectivity index (χ3v) is 9.08. The average molecular weight is 564 g/mol. The molecule has 3 N–H and O–H groups in total. The summed E-state index contributed by atoms with van der Waals surface area (Å²) in [5.41, 5.74) is 5.67. The number of benzene rings is 1. The number of pyridine rings is 1. The maximum atomic E-state index is 13.1. The number of hydrogen-bond donors (Lipinski definition) is 3. The summed E-state index contributed by atoms with van der Waals surface area (Å²) in [5.74, 6) is -1.03. The minimum absolute atomic E-state index is 0.0979. The molecule has 2 saturated carbocycles. The quantitative estimate of drug-likeness (QED) is 0.291. The van der Waals surface area contributed by atoms with E-state index >= 15 is 0 Å². The number of carbonyl (C=O) groups excluding carboxylic acids is 4. The Kier molecular flexibility index (Phi) is 5.56. The first kappa shape index (κ1) is 25.0. The first-order valence-corrected chi connectivity index (χ1v) is 14.6. The molecular weight excluding hydrogens is 534 g/mol. The summed E-state index contributed by atoms with van der Waals surface area (Å²) in [5, 5.41) is 11.8. The van der Waals surface area contributed by atoms with Gasteiger partial charge >= 0.3 is 0 Å². The zero-order chi connectivity index (χ0) is 28.5. The van der Waals surface area contributed by atoms with Crippen molar-refractivity contribution in [1.82, 2.24) is 30.0 Å². The predicted octanol–water partition coefficient (Wildman–Crippen LogP) is 3.77. The molecule has 11 heteroatoms. The predicted molar refractivity (Wildman–Crippen MR) is 153 cm³/mol. The molecule has 42 heavy (non-hydrogen) atoms. The zero-order valence-electron chi connectivity index (χ0n) is 22.8. The number of fused-ring (bicyclic) bond motifs is 2. The van der Waals surface area contributed by atoms with Crippen molar-refractivity contribution in [3.05, 3.63) is 65.7 Å². The second kappa shape index (κ2) is 9.37. The number of nitrogens with zero attached hydrogens (tertiary/aromatic N) is 4. The van der Waals surface area contributed by atoms with E-state index in [-0.39, 0.29) is 29.9 Å².